The lowest BCUT2D eigenvalue weighted by atomic mass is 10.1. The zero-order valence-electron chi connectivity index (χ0n) is 13.0. The molecule has 0 fully saturated rings. The van der Waals surface area contributed by atoms with Gasteiger partial charge in [-0.1, -0.05) is 18.2 Å². The standard InChI is InChI=1S/C18H19NO4/c1-2-21-15-6-4-3-5-14(15)18(20)19-12-13-7-8-16-17(11-13)23-10-9-22-16/h3-8,11H,2,9-10,12H2,1H3,(H,19,20). The molecular weight excluding hydrogens is 294 g/mol. The Morgan fingerprint density at radius 3 is 2.74 bits per heavy atom. The molecule has 0 radical (unpaired) electrons. The smallest absolute Gasteiger partial charge is 0.255 e. The fraction of sp³-hybridized carbons (Fsp3) is 0.278. The van der Waals surface area contributed by atoms with Crippen molar-refractivity contribution in [3.05, 3.63) is 53.6 Å². The Kier molecular flexibility index (Phi) is 4.66. The molecule has 5 nitrogen and oxygen atoms in total. The van der Waals surface area contributed by atoms with E-state index in [1.54, 1.807) is 12.1 Å². The van der Waals surface area contributed by atoms with E-state index in [9.17, 15) is 4.79 Å². The number of benzene rings is 2. The van der Waals surface area contributed by atoms with E-state index in [0.29, 0.717) is 37.7 Å². The maximum Gasteiger partial charge on any atom is 0.255 e. The van der Waals surface area contributed by atoms with E-state index in [1.165, 1.54) is 0 Å². The van der Waals surface area contributed by atoms with Crippen LogP contribution in [0.25, 0.3) is 0 Å². The van der Waals surface area contributed by atoms with Gasteiger partial charge in [-0.2, -0.15) is 0 Å². The average Bonchev–Trinajstić information content (AvgIpc) is 2.60. The highest BCUT2D eigenvalue weighted by molar-refractivity contribution is 5.96. The summed E-state index contributed by atoms with van der Waals surface area (Å²) in [4.78, 5) is 12.4. The Morgan fingerprint density at radius 1 is 1.13 bits per heavy atom. The lowest BCUT2D eigenvalue weighted by molar-refractivity contribution is 0.0947. The predicted molar refractivity (Wildman–Crippen MR) is 86.2 cm³/mol. The van der Waals surface area contributed by atoms with E-state index in [1.807, 2.05) is 37.3 Å². The van der Waals surface area contributed by atoms with E-state index in [4.69, 9.17) is 14.2 Å². The van der Waals surface area contributed by atoms with Gasteiger partial charge in [-0.3, -0.25) is 4.79 Å². The molecule has 0 saturated heterocycles. The molecule has 1 N–H and O–H groups in total. The van der Waals surface area contributed by atoms with Crippen LogP contribution in [0.15, 0.2) is 42.5 Å². The van der Waals surface area contributed by atoms with Crippen LogP contribution in [0, 0.1) is 0 Å². The number of rotatable bonds is 5. The molecular formula is C18H19NO4. The van der Waals surface area contributed by atoms with Crippen LogP contribution in [0.4, 0.5) is 0 Å². The number of para-hydroxylation sites is 1. The van der Waals surface area contributed by atoms with Crippen molar-refractivity contribution in [3.8, 4) is 17.2 Å². The largest absolute Gasteiger partial charge is 0.493 e. The summed E-state index contributed by atoms with van der Waals surface area (Å²) in [5, 5.41) is 2.91. The highest BCUT2D eigenvalue weighted by Crippen LogP contribution is 2.30. The van der Waals surface area contributed by atoms with Gasteiger partial charge >= 0.3 is 0 Å². The van der Waals surface area contributed by atoms with Gasteiger partial charge in [0.1, 0.15) is 19.0 Å². The van der Waals surface area contributed by atoms with Gasteiger partial charge in [-0.15, -0.1) is 0 Å². The third-order valence-corrected chi connectivity index (χ3v) is 3.49. The number of hydrogen-bond donors (Lipinski definition) is 1. The lowest BCUT2D eigenvalue weighted by Crippen LogP contribution is -2.23. The molecule has 0 spiro atoms. The second-order valence-electron chi connectivity index (χ2n) is 5.09. The van der Waals surface area contributed by atoms with Gasteiger partial charge in [0.2, 0.25) is 0 Å². The molecule has 0 aliphatic carbocycles. The van der Waals surface area contributed by atoms with Crippen molar-refractivity contribution >= 4 is 5.91 Å². The van der Waals surface area contributed by atoms with Crippen molar-refractivity contribution in [2.24, 2.45) is 0 Å². The molecule has 2 aromatic carbocycles. The summed E-state index contributed by atoms with van der Waals surface area (Å²) in [7, 11) is 0. The molecule has 1 amide bonds. The first-order valence-corrected chi connectivity index (χ1v) is 7.66. The van der Waals surface area contributed by atoms with E-state index in [2.05, 4.69) is 5.32 Å². The van der Waals surface area contributed by atoms with Crippen LogP contribution < -0.4 is 19.5 Å². The predicted octanol–water partition coefficient (Wildman–Crippen LogP) is 2.79. The quantitative estimate of drug-likeness (QED) is 0.922. The number of ether oxygens (including phenoxy) is 3. The Labute approximate surface area is 135 Å². The minimum absolute atomic E-state index is 0.163. The van der Waals surface area contributed by atoms with Gasteiger partial charge in [0.15, 0.2) is 11.5 Å². The SMILES string of the molecule is CCOc1ccccc1C(=O)NCc1ccc2c(c1)OCCO2. The number of fused-ring (bicyclic) bond motifs is 1. The molecule has 5 heteroatoms. The fourth-order valence-corrected chi connectivity index (χ4v) is 2.41. The highest BCUT2D eigenvalue weighted by Gasteiger charge is 2.14. The Hall–Kier alpha value is -2.69. The molecule has 1 heterocycles. The van der Waals surface area contributed by atoms with Crippen LogP contribution in [0.5, 0.6) is 17.2 Å². The van der Waals surface area contributed by atoms with Gasteiger partial charge in [-0.05, 0) is 36.8 Å². The zero-order chi connectivity index (χ0) is 16.1. The summed E-state index contributed by atoms with van der Waals surface area (Å²) in [6.07, 6.45) is 0. The topological polar surface area (TPSA) is 56.8 Å². The van der Waals surface area contributed by atoms with Crippen molar-refractivity contribution in [1.29, 1.82) is 0 Å². The highest BCUT2D eigenvalue weighted by atomic mass is 16.6. The molecule has 0 aromatic heterocycles. The Bertz CT molecular complexity index is 699. The zero-order valence-corrected chi connectivity index (χ0v) is 13.0. The molecule has 1 aliphatic rings. The third-order valence-electron chi connectivity index (χ3n) is 3.49. The van der Waals surface area contributed by atoms with E-state index in [0.717, 1.165) is 17.1 Å². The minimum atomic E-state index is -0.163. The Morgan fingerprint density at radius 2 is 1.91 bits per heavy atom. The minimum Gasteiger partial charge on any atom is -0.493 e. The molecule has 2 aromatic rings. The maximum atomic E-state index is 12.4. The van der Waals surface area contributed by atoms with E-state index < -0.39 is 0 Å². The van der Waals surface area contributed by atoms with Crippen LogP contribution in [0.1, 0.15) is 22.8 Å². The molecule has 0 saturated carbocycles. The van der Waals surface area contributed by atoms with E-state index >= 15 is 0 Å². The van der Waals surface area contributed by atoms with Crippen LogP contribution in [-0.2, 0) is 6.54 Å². The first kappa shape index (κ1) is 15.2. The average molecular weight is 313 g/mol. The number of carbonyl (C=O) groups excluding carboxylic acids is 1. The molecule has 120 valence electrons. The number of carbonyl (C=O) groups is 1. The molecule has 1 aliphatic heterocycles. The van der Waals surface area contributed by atoms with Crippen LogP contribution in [-0.4, -0.2) is 25.7 Å². The van der Waals surface area contributed by atoms with Gasteiger partial charge in [0.25, 0.3) is 5.91 Å². The summed E-state index contributed by atoms with van der Waals surface area (Å²) >= 11 is 0. The summed E-state index contributed by atoms with van der Waals surface area (Å²) in [6.45, 7) is 3.94. The second kappa shape index (κ2) is 7.05. The van der Waals surface area contributed by atoms with Gasteiger partial charge in [0, 0.05) is 6.54 Å². The summed E-state index contributed by atoms with van der Waals surface area (Å²) in [5.74, 6) is 1.89. The maximum absolute atomic E-state index is 12.4. The number of amides is 1. The second-order valence-corrected chi connectivity index (χ2v) is 5.09. The van der Waals surface area contributed by atoms with Crippen LogP contribution in [0.2, 0.25) is 0 Å². The summed E-state index contributed by atoms with van der Waals surface area (Å²) in [6, 6.07) is 12.9. The monoisotopic (exact) mass is 313 g/mol. The summed E-state index contributed by atoms with van der Waals surface area (Å²) < 4.78 is 16.5. The Balaban J connectivity index is 1.67. The number of hydrogen-bond acceptors (Lipinski definition) is 4. The van der Waals surface area contributed by atoms with Crippen LogP contribution in [0.3, 0.4) is 0 Å². The first-order chi connectivity index (χ1) is 11.3. The third kappa shape index (κ3) is 3.56. The van der Waals surface area contributed by atoms with Crippen LogP contribution >= 0.6 is 0 Å². The molecule has 0 bridgehead atoms. The van der Waals surface area contributed by atoms with Gasteiger partial charge in [0.05, 0.1) is 12.2 Å². The van der Waals surface area contributed by atoms with Crippen molar-refractivity contribution < 1.29 is 19.0 Å². The van der Waals surface area contributed by atoms with Crippen molar-refractivity contribution in [3.63, 3.8) is 0 Å². The van der Waals surface area contributed by atoms with Crippen molar-refractivity contribution in [2.75, 3.05) is 19.8 Å². The number of nitrogens with one attached hydrogen (secondary N) is 1. The molecule has 3 rings (SSSR count). The lowest BCUT2D eigenvalue weighted by Gasteiger charge is -2.19. The van der Waals surface area contributed by atoms with Gasteiger partial charge in [-0.25, -0.2) is 0 Å². The first-order valence-electron chi connectivity index (χ1n) is 7.66. The van der Waals surface area contributed by atoms with Crippen molar-refractivity contribution in [1.82, 2.24) is 5.32 Å². The summed E-state index contributed by atoms with van der Waals surface area (Å²) in [5.41, 5.74) is 1.49. The molecule has 0 atom stereocenters. The van der Waals surface area contributed by atoms with Gasteiger partial charge < -0.3 is 19.5 Å². The normalized spacial score (nSPS) is 12.6. The molecule has 23 heavy (non-hydrogen) atoms. The fourth-order valence-electron chi connectivity index (χ4n) is 2.41. The van der Waals surface area contributed by atoms with E-state index in [-0.39, 0.29) is 5.91 Å². The van der Waals surface area contributed by atoms with Crippen molar-refractivity contribution in [2.45, 2.75) is 13.5 Å². The molecule has 0 unspecified atom stereocenters.